The average Bonchev–Trinajstić information content (AvgIpc) is 2.25. The Bertz CT molecular complexity index is 487. The zero-order chi connectivity index (χ0) is 14.9. The van der Waals surface area contributed by atoms with E-state index in [4.69, 9.17) is 11.5 Å². The predicted octanol–water partition coefficient (Wildman–Crippen LogP) is 2.44. The van der Waals surface area contributed by atoms with Crippen LogP contribution in [-0.2, 0) is 0 Å². The Labute approximate surface area is 114 Å². The van der Waals surface area contributed by atoms with Crippen LogP contribution in [0.3, 0.4) is 0 Å². The molecule has 4 heteroatoms. The van der Waals surface area contributed by atoms with Crippen LogP contribution in [0.25, 0.3) is 0 Å². The number of hydrogen-bond acceptors (Lipinski definition) is 2. The number of hydrogen-bond donors (Lipinski definition) is 2. The van der Waals surface area contributed by atoms with E-state index in [-0.39, 0.29) is 11.8 Å². The molecule has 4 N–H and O–H groups in total. The minimum absolute atomic E-state index is 0.155. The largest absolute Gasteiger partial charge is 0.366 e. The van der Waals surface area contributed by atoms with E-state index in [1.807, 2.05) is 34.6 Å². The van der Waals surface area contributed by atoms with Gasteiger partial charge >= 0.3 is 0 Å². The van der Waals surface area contributed by atoms with Gasteiger partial charge in [0.15, 0.2) is 0 Å². The number of amides is 2. The molecule has 0 spiro atoms. The Morgan fingerprint density at radius 3 is 1.42 bits per heavy atom. The van der Waals surface area contributed by atoms with Crippen LogP contribution in [0.4, 0.5) is 0 Å². The van der Waals surface area contributed by atoms with Crippen LogP contribution in [-0.4, -0.2) is 11.8 Å². The molecule has 1 rings (SSSR count). The fourth-order valence-electron chi connectivity index (χ4n) is 2.74. The van der Waals surface area contributed by atoms with Crippen LogP contribution < -0.4 is 11.5 Å². The summed E-state index contributed by atoms with van der Waals surface area (Å²) in [5.41, 5.74) is 14.4. The second-order valence-corrected chi connectivity index (χ2v) is 5.46. The average molecular weight is 262 g/mol. The van der Waals surface area contributed by atoms with Gasteiger partial charge in [-0.3, -0.25) is 9.59 Å². The third-order valence-electron chi connectivity index (χ3n) is 3.36. The summed E-state index contributed by atoms with van der Waals surface area (Å²) in [6.07, 6.45) is 0. The summed E-state index contributed by atoms with van der Waals surface area (Å²) in [6, 6.07) is 1.54. The highest BCUT2D eigenvalue weighted by molar-refractivity contribution is 6.01. The summed E-state index contributed by atoms with van der Waals surface area (Å²) >= 11 is 0. The molecule has 0 saturated heterocycles. The van der Waals surface area contributed by atoms with Crippen molar-refractivity contribution in [2.45, 2.75) is 46.5 Å². The lowest BCUT2D eigenvalue weighted by Gasteiger charge is -2.22. The van der Waals surface area contributed by atoms with Gasteiger partial charge in [0.1, 0.15) is 0 Å². The van der Waals surface area contributed by atoms with Crippen LogP contribution >= 0.6 is 0 Å². The molecule has 0 heterocycles. The highest BCUT2D eigenvalue weighted by atomic mass is 16.1. The van der Waals surface area contributed by atoms with Crippen LogP contribution in [0, 0.1) is 6.92 Å². The van der Waals surface area contributed by atoms with E-state index in [1.165, 1.54) is 0 Å². The first kappa shape index (κ1) is 15.2. The summed E-state index contributed by atoms with van der Waals surface area (Å²) in [6.45, 7) is 9.93. The molecular weight excluding hydrogens is 240 g/mol. The Kier molecular flexibility index (Phi) is 4.35. The summed E-state index contributed by atoms with van der Waals surface area (Å²) < 4.78 is 0. The van der Waals surface area contributed by atoms with Gasteiger partial charge < -0.3 is 11.5 Å². The summed E-state index contributed by atoms with van der Waals surface area (Å²) in [7, 11) is 0. The lowest BCUT2D eigenvalue weighted by molar-refractivity contribution is 0.0998. The number of carbonyl (C=O) groups excluding carboxylic acids is 2. The van der Waals surface area contributed by atoms with Crippen molar-refractivity contribution < 1.29 is 9.59 Å². The van der Waals surface area contributed by atoms with Gasteiger partial charge in [0.2, 0.25) is 11.8 Å². The van der Waals surface area contributed by atoms with Crippen LogP contribution in [0.1, 0.15) is 76.9 Å². The zero-order valence-corrected chi connectivity index (χ0v) is 12.2. The van der Waals surface area contributed by atoms with Gasteiger partial charge in [-0.2, -0.15) is 0 Å². The van der Waals surface area contributed by atoms with E-state index in [1.54, 1.807) is 6.07 Å². The molecule has 0 aromatic heterocycles. The molecule has 1 aromatic rings. The van der Waals surface area contributed by atoms with E-state index >= 15 is 0 Å². The summed E-state index contributed by atoms with van der Waals surface area (Å²) in [5.74, 6) is -0.738. The first-order valence-electron chi connectivity index (χ1n) is 6.45. The number of rotatable bonds is 4. The normalized spacial score (nSPS) is 11.1. The van der Waals surface area contributed by atoms with Crippen LogP contribution in [0.5, 0.6) is 0 Å². The minimum atomic E-state index is -0.524. The Morgan fingerprint density at radius 2 is 1.21 bits per heavy atom. The number of benzene rings is 1. The van der Waals surface area contributed by atoms with Crippen molar-refractivity contribution >= 4 is 11.8 Å². The van der Waals surface area contributed by atoms with Gasteiger partial charge in [0.05, 0.1) is 0 Å². The summed E-state index contributed by atoms with van der Waals surface area (Å²) in [5, 5.41) is 0. The van der Waals surface area contributed by atoms with Crippen molar-refractivity contribution in [2.24, 2.45) is 11.5 Å². The quantitative estimate of drug-likeness (QED) is 0.873. The predicted molar refractivity (Wildman–Crippen MR) is 76.4 cm³/mol. The Morgan fingerprint density at radius 1 is 0.895 bits per heavy atom. The van der Waals surface area contributed by atoms with E-state index in [9.17, 15) is 9.59 Å². The topological polar surface area (TPSA) is 86.2 Å². The van der Waals surface area contributed by atoms with E-state index < -0.39 is 11.8 Å². The van der Waals surface area contributed by atoms with Crippen molar-refractivity contribution in [2.75, 3.05) is 0 Å². The summed E-state index contributed by atoms with van der Waals surface area (Å²) in [4.78, 5) is 23.2. The molecule has 0 saturated carbocycles. The van der Waals surface area contributed by atoms with Crippen molar-refractivity contribution in [1.29, 1.82) is 0 Å². The minimum Gasteiger partial charge on any atom is -0.366 e. The number of carbonyl (C=O) groups is 2. The molecule has 0 radical (unpaired) electrons. The first-order valence-corrected chi connectivity index (χ1v) is 6.45. The van der Waals surface area contributed by atoms with Crippen molar-refractivity contribution in [3.63, 3.8) is 0 Å². The molecule has 1 aromatic carbocycles. The Hall–Kier alpha value is -1.84. The van der Waals surface area contributed by atoms with E-state index in [0.717, 1.165) is 16.7 Å². The maximum atomic E-state index is 11.6. The van der Waals surface area contributed by atoms with Gasteiger partial charge in [-0.05, 0) is 41.5 Å². The van der Waals surface area contributed by atoms with Crippen molar-refractivity contribution in [3.8, 4) is 0 Å². The molecule has 19 heavy (non-hydrogen) atoms. The van der Waals surface area contributed by atoms with E-state index in [0.29, 0.717) is 11.1 Å². The molecule has 0 aliphatic rings. The zero-order valence-electron chi connectivity index (χ0n) is 12.2. The van der Waals surface area contributed by atoms with Crippen LogP contribution in [0.2, 0.25) is 0 Å². The fourth-order valence-corrected chi connectivity index (χ4v) is 2.74. The Balaban J connectivity index is 3.80. The molecule has 2 amide bonds. The molecule has 4 nitrogen and oxygen atoms in total. The number of primary amides is 2. The fraction of sp³-hybridized carbons (Fsp3) is 0.467. The standard InChI is InChI=1S/C15H22N2O2/c1-7(2)12-9(5)13(8(3)4)11(15(17)19)6-10(12)14(16)18/h6-8H,1-5H3,(H2,16,18)(H2,17,19). The lowest BCUT2D eigenvalue weighted by Crippen LogP contribution is -2.22. The molecule has 0 bridgehead atoms. The first-order chi connectivity index (χ1) is 8.68. The van der Waals surface area contributed by atoms with Gasteiger partial charge in [-0.1, -0.05) is 27.7 Å². The monoisotopic (exact) mass is 262 g/mol. The van der Waals surface area contributed by atoms with Gasteiger partial charge in [0, 0.05) is 11.1 Å². The van der Waals surface area contributed by atoms with Gasteiger partial charge in [-0.25, -0.2) is 0 Å². The highest BCUT2D eigenvalue weighted by Gasteiger charge is 2.23. The van der Waals surface area contributed by atoms with Crippen molar-refractivity contribution in [1.82, 2.24) is 0 Å². The molecule has 0 aliphatic heterocycles. The van der Waals surface area contributed by atoms with Crippen LogP contribution in [0.15, 0.2) is 6.07 Å². The van der Waals surface area contributed by atoms with E-state index in [2.05, 4.69) is 0 Å². The SMILES string of the molecule is Cc1c(C(C)C)c(C(N)=O)cc(C(N)=O)c1C(C)C. The van der Waals surface area contributed by atoms with Crippen molar-refractivity contribution in [3.05, 3.63) is 33.9 Å². The second kappa shape index (κ2) is 5.43. The molecule has 0 unspecified atom stereocenters. The molecule has 104 valence electrons. The maximum absolute atomic E-state index is 11.6. The van der Waals surface area contributed by atoms with Gasteiger partial charge in [0.25, 0.3) is 0 Å². The second-order valence-electron chi connectivity index (χ2n) is 5.46. The van der Waals surface area contributed by atoms with Gasteiger partial charge in [-0.15, -0.1) is 0 Å². The molecule has 0 atom stereocenters. The molecule has 0 fully saturated rings. The third kappa shape index (κ3) is 2.78. The third-order valence-corrected chi connectivity index (χ3v) is 3.36. The molecular formula is C15H22N2O2. The maximum Gasteiger partial charge on any atom is 0.249 e. The number of nitrogens with two attached hydrogens (primary N) is 2. The smallest absolute Gasteiger partial charge is 0.249 e. The molecule has 0 aliphatic carbocycles. The highest BCUT2D eigenvalue weighted by Crippen LogP contribution is 2.32. The lowest BCUT2D eigenvalue weighted by atomic mass is 9.82.